The summed E-state index contributed by atoms with van der Waals surface area (Å²) < 4.78 is 29.0. The number of aromatic hydroxyl groups is 1. The van der Waals surface area contributed by atoms with Crippen molar-refractivity contribution in [2.24, 2.45) is 5.92 Å². The van der Waals surface area contributed by atoms with Crippen LogP contribution in [0.25, 0.3) is 10.9 Å². The van der Waals surface area contributed by atoms with Gasteiger partial charge in [-0.25, -0.2) is 9.59 Å². The van der Waals surface area contributed by atoms with Gasteiger partial charge in [0.05, 0.1) is 30.3 Å². The standard InChI is InChI=1S/C50H52N4O10/c1-60-44-27-39(15-14-37(44)28-51-29-43(56)40-16-18-42(55)48-41(40)17-19-46(57)52-48)61-24-25-62-49(58)35-12-10-32(11-13-35)31-63-38-9-5-8-36(26-38)47(34-6-3-2-4-7-34)53-50(59)64-45-30-54-22-20-33(45)21-23-54/h2-19,26-27,33,43,45,47,51,55-56H,20-25,28-31H2,1H3,(H,52,57)(H,53,59)/t43?,45?,47-/m0/s1. The summed E-state index contributed by atoms with van der Waals surface area (Å²) in [5.41, 5.74) is 4.36. The van der Waals surface area contributed by atoms with E-state index in [1.807, 2.05) is 72.8 Å². The number of carbonyl (C=O) groups is 2. The molecule has 0 aliphatic carbocycles. The number of hydrogen-bond acceptors (Lipinski definition) is 12. The second kappa shape index (κ2) is 20.5. The number of nitrogens with one attached hydrogen (secondary N) is 3. The lowest BCUT2D eigenvalue weighted by atomic mass is 9.86. The number of pyridine rings is 1. The molecule has 2 bridgehead atoms. The number of nitrogens with zero attached hydrogens (tertiary/aromatic N) is 1. The van der Waals surface area contributed by atoms with Crippen LogP contribution in [0.15, 0.2) is 126 Å². The molecular formula is C50H52N4O10. The maximum absolute atomic E-state index is 13.2. The Bertz CT molecular complexity index is 2590. The number of ether oxygens (including phenoxy) is 5. The van der Waals surface area contributed by atoms with Crippen LogP contribution in [-0.2, 0) is 22.6 Å². The van der Waals surface area contributed by atoms with Gasteiger partial charge in [-0.15, -0.1) is 0 Å². The summed E-state index contributed by atoms with van der Waals surface area (Å²) in [7, 11) is 1.55. The minimum absolute atomic E-state index is 0.0274. The van der Waals surface area contributed by atoms with E-state index in [0.717, 1.165) is 54.7 Å². The third-order valence-electron chi connectivity index (χ3n) is 11.8. The Hall–Kier alpha value is -6.87. The second-order valence-electron chi connectivity index (χ2n) is 16.0. The lowest BCUT2D eigenvalue weighted by Crippen LogP contribution is -2.52. The second-order valence-corrected chi connectivity index (χ2v) is 16.0. The fourth-order valence-corrected chi connectivity index (χ4v) is 8.37. The summed E-state index contributed by atoms with van der Waals surface area (Å²) in [5.74, 6) is 1.60. The molecule has 3 saturated heterocycles. The number of amides is 1. The molecule has 64 heavy (non-hydrogen) atoms. The van der Waals surface area contributed by atoms with Crippen LogP contribution in [0.1, 0.15) is 63.2 Å². The number of alkyl carbamates (subject to hydrolysis) is 1. The number of phenols is 1. The highest BCUT2D eigenvalue weighted by Crippen LogP contribution is 2.32. The number of benzene rings is 5. The van der Waals surface area contributed by atoms with Crippen molar-refractivity contribution in [3.05, 3.63) is 165 Å². The van der Waals surface area contributed by atoms with Crippen LogP contribution in [-0.4, -0.2) is 84.8 Å². The zero-order chi connectivity index (χ0) is 44.4. The molecule has 1 aromatic heterocycles. The average Bonchev–Trinajstić information content (AvgIpc) is 3.32. The summed E-state index contributed by atoms with van der Waals surface area (Å²) in [6, 6.07) is 35.4. The molecular weight excluding hydrogens is 817 g/mol. The van der Waals surface area contributed by atoms with Gasteiger partial charge in [0, 0.05) is 42.7 Å². The zero-order valence-corrected chi connectivity index (χ0v) is 35.5. The normalized spacial score (nSPS) is 17.6. The molecule has 3 aliphatic heterocycles. The molecule has 3 fully saturated rings. The zero-order valence-electron chi connectivity index (χ0n) is 35.5. The van der Waals surface area contributed by atoms with Gasteiger partial charge in [0.2, 0.25) is 5.56 Å². The van der Waals surface area contributed by atoms with Crippen molar-refractivity contribution in [1.82, 2.24) is 20.5 Å². The van der Waals surface area contributed by atoms with Crippen LogP contribution in [0.4, 0.5) is 4.79 Å². The summed E-state index contributed by atoms with van der Waals surface area (Å²) in [4.78, 5) is 42.8. The highest BCUT2D eigenvalue weighted by atomic mass is 16.6. The lowest BCUT2D eigenvalue weighted by Gasteiger charge is -2.43. The van der Waals surface area contributed by atoms with E-state index >= 15 is 0 Å². The number of aliphatic hydroxyl groups is 1. The van der Waals surface area contributed by atoms with Crippen molar-refractivity contribution < 1.29 is 43.5 Å². The summed E-state index contributed by atoms with van der Waals surface area (Å²) in [6.07, 6.45) is 0.684. The molecule has 332 valence electrons. The number of fused-ring (bicyclic) bond motifs is 4. The first-order chi connectivity index (χ1) is 31.2. The van der Waals surface area contributed by atoms with Crippen LogP contribution in [0.5, 0.6) is 23.0 Å². The van der Waals surface area contributed by atoms with Crippen molar-refractivity contribution in [3.63, 3.8) is 0 Å². The monoisotopic (exact) mass is 868 g/mol. The first-order valence-corrected chi connectivity index (χ1v) is 21.5. The highest BCUT2D eigenvalue weighted by Gasteiger charge is 2.37. The molecule has 14 heteroatoms. The number of aromatic nitrogens is 1. The maximum Gasteiger partial charge on any atom is 0.408 e. The third kappa shape index (κ3) is 10.8. The molecule has 5 N–H and O–H groups in total. The summed E-state index contributed by atoms with van der Waals surface area (Å²) >= 11 is 0. The van der Waals surface area contributed by atoms with Crippen molar-refractivity contribution in [2.75, 3.05) is 46.5 Å². The number of piperidine rings is 3. The Kier molecular flexibility index (Phi) is 14.0. The molecule has 2 unspecified atom stereocenters. The molecule has 6 aromatic rings. The number of carbonyl (C=O) groups excluding carboxylic acids is 2. The fourth-order valence-electron chi connectivity index (χ4n) is 8.37. The highest BCUT2D eigenvalue weighted by molar-refractivity contribution is 5.89. The molecule has 4 heterocycles. The molecule has 9 rings (SSSR count). The molecule has 5 aromatic carbocycles. The molecule has 0 spiro atoms. The number of methoxy groups -OCH3 is 1. The quantitative estimate of drug-likeness (QED) is 0.0452. The van der Waals surface area contributed by atoms with E-state index in [4.69, 9.17) is 23.7 Å². The topological polar surface area (TPSA) is 181 Å². The van der Waals surface area contributed by atoms with Gasteiger partial charge in [0.1, 0.15) is 48.9 Å². The number of esters is 1. The number of rotatable bonds is 18. The van der Waals surface area contributed by atoms with Crippen LogP contribution in [0.3, 0.4) is 0 Å². The largest absolute Gasteiger partial charge is 0.506 e. The minimum atomic E-state index is -0.908. The Morgan fingerprint density at radius 2 is 1.62 bits per heavy atom. The van der Waals surface area contributed by atoms with Gasteiger partial charge in [-0.2, -0.15) is 0 Å². The smallest absolute Gasteiger partial charge is 0.408 e. The van der Waals surface area contributed by atoms with E-state index in [1.54, 1.807) is 43.5 Å². The van der Waals surface area contributed by atoms with E-state index in [-0.39, 0.29) is 49.3 Å². The molecule has 14 nitrogen and oxygen atoms in total. The Morgan fingerprint density at radius 3 is 2.39 bits per heavy atom. The molecule has 1 amide bonds. The summed E-state index contributed by atoms with van der Waals surface area (Å²) in [6.45, 7) is 3.93. The van der Waals surface area contributed by atoms with E-state index in [9.17, 15) is 24.6 Å². The number of aromatic amines is 1. The van der Waals surface area contributed by atoms with Gasteiger partial charge in [0.25, 0.3) is 0 Å². The fraction of sp³-hybridized carbons (Fsp3) is 0.300. The number of phenolic OH excluding ortho intramolecular Hbond substituents is 1. The van der Waals surface area contributed by atoms with Crippen LogP contribution < -0.4 is 30.4 Å². The van der Waals surface area contributed by atoms with Gasteiger partial charge in [-0.3, -0.25) is 9.69 Å². The number of H-pyrrole nitrogens is 1. The van der Waals surface area contributed by atoms with Gasteiger partial charge < -0.3 is 49.5 Å². The molecule has 0 saturated carbocycles. The molecule has 0 radical (unpaired) electrons. The maximum atomic E-state index is 13.2. The Labute approximate surface area is 370 Å². The molecule has 3 aliphatic rings. The van der Waals surface area contributed by atoms with Crippen molar-refractivity contribution in [3.8, 4) is 23.0 Å². The van der Waals surface area contributed by atoms with Gasteiger partial charge in [-0.1, -0.05) is 66.7 Å². The van der Waals surface area contributed by atoms with Crippen LogP contribution in [0.2, 0.25) is 0 Å². The van der Waals surface area contributed by atoms with E-state index in [0.29, 0.717) is 46.2 Å². The van der Waals surface area contributed by atoms with E-state index in [2.05, 4.69) is 20.5 Å². The van der Waals surface area contributed by atoms with Gasteiger partial charge in [-0.05, 0) is 96.6 Å². The van der Waals surface area contributed by atoms with Crippen molar-refractivity contribution in [2.45, 2.75) is 44.2 Å². The minimum Gasteiger partial charge on any atom is -0.506 e. The first-order valence-electron chi connectivity index (χ1n) is 21.5. The molecule has 3 atom stereocenters. The number of hydrogen-bond donors (Lipinski definition) is 5. The van der Waals surface area contributed by atoms with E-state index in [1.165, 1.54) is 12.1 Å². The van der Waals surface area contributed by atoms with Crippen LogP contribution in [0, 0.1) is 5.92 Å². The van der Waals surface area contributed by atoms with Gasteiger partial charge >= 0.3 is 12.1 Å². The number of aliphatic hydroxyl groups excluding tert-OH is 1. The van der Waals surface area contributed by atoms with E-state index < -0.39 is 24.2 Å². The van der Waals surface area contributed by atoms with Crippen LogP contribution >= 0.6 is 0 Å². The summed E-state index contributed by atoms with van der Waals surface area (Å²) in [5, 5.41) is 28.0. The SMILES string of the molecule is COc1cc(OCCOC(=O)c2ccc(COc3cccc([C@@H](NC(=O)OC4CN5CCC4CC5)c4ccccc4)c3)cc2)ccc1CNCC(O)c1ccc(O)c2[nH]c(=O)ccc12. The van der Waals surface area contributed by atoms with Gasteiger partial charge in [0.15, 0.2) is 0 Å². The average molecular weight is 869 g/mol. The Morgan fingerprint density at radius 1 is 0.844 bits per heavy atom. The predicted molar refractivity (Wildman–Crippen MR) is 240 cm³/mol. The van der Waals surface area contributed by atoms with Crippen molar-refractivity contribution in [1.29, 1.82) is 0 Å². The van der Waals surface area contributed by atoms with Crippen molar-refractivity contribution >= 4 is 23.0 Å². The lowest BCUT2D eigenvalue weighted by molar-refractivity contribution is -0.0336. The third-order valence-corrected chi connectivity index (χ3v) is 11.8. The Balaban J connectivity index is 0.782. The first kappa shape index (κ1) is 43.8. The predicted octanol–water partition coefficient (Wildman–Crippen LogP) is 6.79.